The Kier molecular flexibility index (Phi) is 4.40. The van der Waals surface area contributed by atoms with E-state index in [1.54, 1.807) is 31.6 Å². The van der Waals surface area contributed by atoms with Crippen LogP contribution in [0.4, 0.5) is 5.69 Å². The van der Waals surface area contributed by atoms with Gasteiger partial charge in [-0.3, -0.25) is 9.78 Å². The number of nitrogens with one attached hydrogen (secondary N) is 1. The Bertz CT molecular complexity index is 1070. The van der Waals surface area contributed by atoms with E-state index in [9.17, 15) is 4.79 Å². The minimum absolute atomic E-state index is 0.299. The Morgan fingerprint density at radius 1 is 1.15 bits per heavy atom. The van der Waals surface area contributed by atoms with Crippen LogP contribution in [0.2, 0.25) is 0 Å². The third kappa shape index (κ3) is 3.56. The van der Waals surface area contributed by atoms with Gasteiger partial charge in [-0.15, -0.1) is 0 Å². The maximum absolute atomic E-state index is 12.4. The smallest absolute Gasteiger partial charge is 0.260 e. The maximum Gasteiger partial charge on any atom is 0.260 e. The standard InChI is InChI=1S/C18H14N6O3/c1-11-13(9-21-26-11)18(25)22-14-5-3-2-4-12(14)8-16-23-17(24-27-16)15-10-19-6-7-20-15/h2-7,9-10H,8H2,1H3,(H,22,25). The van der Waals surface area contributed by atoms with Gasteiger partial charge in [0.15, 0.2) is 0 Å². The summed E-state index contributed by atoms with van der Waals surface area (Å²) in [4.78, 5) is 24.9. The highest BCUT2D eigenvalue weighted by Gasteiger charge is 2.16. The molecule has 3 heterocycles. The van der Waals surface area contributed by atoms with Crippen molar-refractivity contribution < 1.29 is 13.8 Å². The molecule has 4 rings (SSSR count). The van der Waals surface area contributed by atoms with E-state index in [4.69, 9.17) is 9.05 Å². The van der Waals surface area contributed by atoms with E-state index >= 15 is 0 Å². The quantitative estimate of drug-likeness (QED) is 0.575. The zero-order valence-corrected chi connectivity index (χ0v) is 14.3. The Labute approximate surface area is 153 Å². The average molecular weight is 362 g/mol. The maximum atomic E-state index is 12.4. The highest BCUT2D eigenvalue weighted by molar-refractivity contribution is 6.05. The predicted molar refractivity (Wildman–Crippen MR) is 93.8 cm³/mol. The van der Waals surface area contributed by atoms with Gasteiger partial charge in [-0.05, 0) is 18.6 Å². The Morgan fingerprint density at radius 2 is 2.04 bits per heavy atom. The van der Waals surface area contributed by atoms with Crippen LogP contribution in [0, 0.1) is 6.92 Å². The highest BCUT2D eigenvalue weighted by Crippen LogP contribution is 2.21. The fourth-order valence-corrected chi connectivity index (χ4v) is 2.51. The van der Waals surface area contributed by atoms with E-state index < -0.39 is 0 Å². The lowest BCUT2D eigenvalue weighted by Crippen LogP contribution is -2.13. The fourth-order valence-electron chi connectivity index (χ4n) is 2.51. The van der Waals surface area contributed by atoms with E-state index in [0.29, 0.717) is 40.8 Å². The summed E-state index contributed by atoms with van der Waals surface area (Å²) in [5.74, 6) is 0.917. The molecule has 1 amide bonds. The lowest BCUT2D eigenvalue weighted by Gasteiger charge is -2.09. The van der Waals surface area contributed by atoms with Crippen molar-refractivity contribution in [3.8, 4) is 11.5 Å². The first-order valence-corrected chi connectivity index (χ1v) is 8.10. The number of para-hydroxylation sites is 1. The van der Waals surface area contributed by atoms with Gasteiger partial charge in [-0.2, -0.15) is 4.98 Å². The second kappa shape index (κ2) is 7.16. The summed E-state index contributed by atoms with van der Waals surface area (Å²) in [6.07, 6.45) is 6.43. The third-order valence-corrected chi connectivity index (χ3v) is 3.86. The molecule has 0 unspecified atom stereocenters. The number of benzene rings is 1. The van der Waals surface area contributed by atoms with Crippen LogP contribution in [0.1, 0.15) is 27.6 Å². The van der Waals surface area contributed by atoms with Crippen molar-refractivity contribution in [2.24, 2.45) is 0 Å². The SMILES string of the molecule is Cc1oncc1C(=O)Nc1ccccc1Cc1nc(-c2cnccn2)no1. The van der Waals surface area contributed by atoms with Crippen LogP contribution in [-0.4, -0.2) is 31.2 Å². The van der Waals surface area contributed by atoms with Crippen molar-refractivity contribution in [1.29, 1.82) is 0 Å². The normalized spacial score (nSPS) is 10.7. The summed E-state index contributed by atoms with van der Waals surface area (Å²) < 4.78 is 10.2. The van der Waals surface area contributed by atoms with Gasteiger partial charge in [0.1, 0.15) is 17.0 Å². The summed E-state index contributed by atoms with van der Waals surface area (Å²) in [6, 6.07) is 7.38. The molecule has 27 heavy (non-hydrogen) atoms. The second-order valence-corrected chi connectivity index (χ2v) is 5.69. The molecule has 134 valence electrons. The van der Waals surface area contributed by atoms with E-state index in [0.717, 1.165) is 5.56 Å². The minimum atomic E-state index is -0.299. The summed E-state index contributed by atoms with van der Waals surface area (Å²) in [6.45, 7) is 1.68. The number of hydrogen-bond acceptors (Lipinski definition) is 8. The zero-order valence-electron chi connectivity index (χ0n) is 14.3. The molecule has 0 aliphatic heterocycles. The molecule has 4 aromatic rings. The van der Waals surface area contributed by atoms with Crippen molar-refractivity contribution in [3.05, 3.63) is 71.8 Å². The fraction of sp³-hybridized carbons (Fsp3) is 0.111. The summed E-state index contributed by atoms with van der Waals surface area (Å²) in [5, 5.41) is 10.4. The van der Waals surface area contributed by atoms with E-state index in [1.165, 1.54) is 6.20 Å². The first kappa shape index (κ1) is 16.6. The van der Waals surface area contributed by atoms with Crippen molar-refractivity contribution in [2.45, 2.75) is 13.3 Å². The summed E-state index contributed by atoms with van der Waals surface area (Å²) in [5.41, 5.74) is 2.38. The molecule has 0 atom stereocenters. The molecule has 0 aliphatic rings. The number of anilines is 1. The second-order valence-electron chi connectivity index (χ2n) is 5.69. The first-order valence-electron chi connectivity index (χ1n) is 8.10. The van der Waals surface area contributed by atoms with E-state index in [-0.39, 0.29) is 5.91 Å². The van der Waals surface area contributed by atoms with Gasteiger partial charge in [-0.25, -0.2) is 4.98 Å². The molecule has 0 spiro atoms. The number of aromatic nitrogens is 5. The number of nitrogens with zero attached hydrogens (tertiary/aromatic N) is 5. The number of rotatable bonds is 5. The number of hydrogen-bond donors (Lipinski definition) is 1. The molecule has 9 nitrogen and oxygen atoms in total. The van der Waals surface area contributed by atoms with Gasteiger partial charge in [0, 0.05) is 18.1 Å². The first-order chi connectivity index (χ1) is 13.2. The lowest BCUT2D eigenvalue weighted by atomic mass is 10.1. The van der Waals surface area contributed by atoms with Gasteiger partial charge in [0.25, 0.3) is 5.91 Å². The van der Waals surface area contributed by atoms with Crippen molar-refractivity contribution in [3.63, 3.8) is 0 Å². The summed E-state index contributed by atoms with van der Waals surface area (Å²) >= 11 is 0. The topological polar surface area (TPSA) is 120 Å². The highest BCUT2D eigenvalue weighted by atomic mass is 16.5. The largest absolute Gasteiger partial charge is 0.361 e. The van der Waals surface area contributed by atoms with Gasteiger partial charge in [-0.1, -0.05) is 28.5 Å². The van der Waals surface area contributed by atoms with Crippen LogP contribution >= 0.6 is 0 Å². The average Bonchev–Trinajstić information content (AvgIpc) is 3.33. The Balaban J connectivity index is 1.54. The molecule has 0 radical (unpaired) electrons. The van der Waals surface area contributed by atoms with Gasteiger partial charge < -0.3 is 14.4 Å². The van der Waals surface area contributed by atoms with Gasteiger partial charge in [0.05, 0.1) is 18.8 Å². The Morgan fingerprint density at radius 3 is 2.81 bits per heavy atom. The molecule has 0 fully saturated rings. The van der Waals surface area contributed by atoms with Crippen molar-refractivity contribution in [2.75, 3.05) is 5.32 Å². The molecule has 9 heteroatoms. The summed E-state index contributed by atoms with van der Waals surface area (Å²) in [7, 11) is 0. The lowest BCUT2D eigenvalue weighted by molar-refractivity contribution is 0.102. The molecular weight excluding hydrogens is 348 g/mol. The number of carbonyl (C=O) groups is 1. The van der Waals surface area contributed by atoms with Crippen LogP contribution < -0.4 is 5.32 Å². The van der Waals surface area contributed by atoms with Gasteiger partial charge >= 0.3 is 0 Å². The molecule has 0 aliphatic carbocycles. The predicted octanol–water partition coefficient (Wildman–Crippen LogP) is 2.67. The van der Waals surface area contributed by atoms with Crippen molar-refractivity contribution in [1.82, 2.24) is 25.3 Å². The molecule has 3 aromatic heterocycles. The third-order valence-electron chi connectivity index (χ3n) is 3.86. The number of carbonyl (C=O) groups excluding carboxylic acids is 1. The van der Waals surface area contributed by atoms with Crippen LogP contribution in [0.15, 0.2) is 58.1 Å². The van der Waals surface area contributed by atoms with Gasteiger partial charge in [0.2, 0.25) is 11.7 Å². The van der Waals surface area contributed by atoms with E-state index in [2.05, 4.69) is 30.6 Å². The number of aryl methyl sites for hydroxylation is 1. The van der Waals surface area contributed by atoms with E-state index in [1.807, 2.05) is 18.2 Å². The Hall–Kier alpha value is -3.88. The monoisotopic (exact) mass is 362 g/mol. The number of amides is 1. The molecule has 0 bridgehead atoms. The molecule has 1 aromatic carbocycles. The molecular formula is C18H14N6O3. The molecule has 0 saturated carbocycles. The minimum Gasteiger partial charge on any atom is -0.361 e. The van der Waals surface area contributed by atoms with Crippen LogP contribution in [0.3, 0.4) is 0 Å². The van der Waals surface area contributed by atoms with Crippen molar-refractivity contribution >= 4 is 11.6 Å². The molecule has 0 saturated heterocycles. The zero-order chi connectivity index (χ0) is 18.6. The van der Waals surface area contributed by atoms with Crippen LogP contribution in [0.25, 0.3) is 11.5 Å². The van der Waals surface area contributed by atoms with Crippen LogP contribution in [0.5, 0.6) is 0 Å². The van der Waals surface area contributed by atoms with Crippen LogP contribution in [-0.2, 0) is 6.42 Å². The molecule has 1 N–H and O–H groups in total.